The van der Waals surface area contributed by atoms with E-state index in [1.54, 1.807) is 11.8 Å². The van der Waals surface area contributed by atoms with Crippen LogP contribution in [-0.4, -0.2) is 23.5 Å². The maximum absolute atomic E-state index is 9.37. The van der Waals surface area contributed by atoms with Crippen LogP contribution in [0.5, 0.6) is 0 Å². The number of benzene rings is 1. The third-order valence-corrected chi connectivity index (χ3v) is 2.94. The summed E-state index contributed by atoms with van der Waals surface area (Å²) < 4.78 is 0. The monoisotopic (exact) mass is 223 g/mol. The third kappa shape index (κ3) is 5.32. The van der Waals surface area contributed by atoms with Crippen LogP contribution < -0.4 is 0 Å². The van der Waals surface area contributed by atoms with Crippen LogP contribution in [0.2, 0.25) is 0 Å². The molecule has 0 heterocycles. The quantitative estimate of drug-likeness (QED) is 0.457. The molecule has 0 aliphatic rings. The van der Waals surface area contributed by atoms with Gasteiger partial charge in [-0.1, -0.05) is 35.4 Å². The SMILES string of the molecule is [N-]=[N+]=NC[C@@H](O)CSCc1ccccc1. The van der Waals surface area contributed by atoms with E-state index in [0.717, 1.165) is 5.75 Å². The van der Waals surface area contributed by atoms with Crippen LogP contribution in [0.15, 0.2) is 35.4 Å². The van der Waals surface area contributed by atoms with Crippen molar-refractivity contribution in [2.24, 2.45) is 5.11 Å². The maximum Gasteiger partial charge on any atom is 0.0687 e. The minimum absolute atomic E-state index is 0.151. The summed E-state index contributed by atoms with van der Waals surface area (Å²) in [6.07, 6.45) is -0.547. The van der Waals surface area contributed by atoms with Gasteiger partial charge < -0.3 is 5.11 Å². The maximum atomic E-state index is 9.37. The van der Waals surface area contributed by atoms with Crippen molar-refractivity contribution in [2.75, 3.05) is 12.3 Å². The molecule has 0 aliphatic carbocycles. The molecule has 1 N–H and O–H groups in total. The van der Waals surface area contributed by atoms with Crippen LogP contribution >= 0.6 is 11.8 Å². The highest BCUT2D eigenvalue weighted by atomic mass is 32.2. The van der Waals surface area contributed by atoms with Crippen molar-refractivity contribution in [3.63, 3.8) is 0 Å². The van der Waals surface area contributed by atoms with E-state index in [1.165, 1.54) is 5.56 Å². The molecule has 0 unspecified atom stereocenters. The number of nitrogens with zero attached hydrogens (tertiary/aromatic N) is 3. The molecule has 0 aliphatic heterocycles. The summed E-state index contributed by atoms with van der Waals surface area (Å²) >= 11 is 1.63. The van der Waals surface area contributed by atoms with Crippen LogP contribution in [0.1, 0.15) is 5.56 Å². The average molecular weight is 223 g/mol. The van der Waals surface area contributed by atoms with Gasteiger partial charge in [0.1, 0.15) is 0 Å². The van der Waals surface area contributed by atoms with E-state index >= 15 is 0 Å². The Morgan fingerprint density at radius 2 is 2.13 bits per heavy atom. The molecule has 0 spiro atoms. The second-order valence-corrected chi connectivity index (χ2v) is 4.10. The first-order valence-corrected chi connectivity index (χ1v) is 5.79. The molecule has 0 bridgehead atoms. The minimum Gasteiger partial charge on any atom is -0.392 e. The van der Waals surface area contributed by atoms with Crippen molar-refractivity contribution >= 4 is 11.8 Å². The van der Waals surface area contributed by atoms with Gasteiger partial charge in [0, 0.05) is 16.4 Å². The van der Waals surface area contributed by atoms with E-state index < -0.39 is 6.10 Å². The number of aliphatic hydroxyl groups excluding tert-OH is 1. The molecule has 0 fully saturated rings. The third-order valence-electron chi connectivity index (χ3n) is 1.78. The molecule has 1 atom stereocenters. The van der Waals surface area contributed by atoms with E-state index in [1.807, 2.05) is 30.3 Å². The van der Waals surface area contributed by atoms with E-state index in [4.69, 9.17) is 5.53 Å². The lowest BCUT2D eigenvalue weighted by molar-refractivity contribution is 0.208. The minimum atomic E-state index is -0.547. The molecule has 1 rings (SSSR count). The second kappa shape index (κ2) is 7.17. The van der Waals surface area contributed by atoms with Crippen molar-refractivity contribution < 1.29 is 5.11 Å². The summed E-state index contributed by atoms with van der Waals surface area (Å²) in [6, 6.07) is 10.1. The van der Waals surface area contributed by atoms with E-state index in [0.29, 0.717) is 5.75 Å². The Labute approximate surface area is 92.9 Å². The first-order chi connectivity index (χ1) is 7.33. The predicted octanol–water partition coefficient (Wildman–Crippen LogP) is 2.59. The summed E-state index contributed by atoms with van der Waals surface area (Å²) in [5.41, 5.74) is 9.29. The molecule has 0 amide bonds. The zero-order chi connectivity index (χ0) is 10.9. The van der Waals surface area contributed by atoms with E-state index in [9.17, 15) is 5.11 Å². The van der Waals surface area contributed by atoms with Crippen LogP contribution in [0.4, 0.5) is 0 Å². The summed E-state index contributed by atoms with van der Waals surface area (Å²) in [4.78, 5) is 2.60. The molecular weight excluding hydrogens is 210 g/mol. The van der Waals surface area contributed by atoms with Crippen molar-refractivity contribution in [1.29, 1.82) is 0 Å². The van der Waals surface area contributed by atoms with Crippen molar-refractivity contribution in [1.82, 2.24) is 0 Å². The molecule has 1 aromatic rings. The molecular formula is C10H13N3OS. The smallest absolute Gasteiger partial charge is 0.0687 e. The highest BCUT2D eigenvalue weighted by Crippen LogP contribution is 2.12. The Bertz CT molecular complexity index is 325. The standard InChI is InChI=1S/C10H13N3OS/c11-13-12-6-10(14)8-15-7-9-4-2-1-3-5-9/h1-5,10,14H,6-8H2/t10-/m1/s1. The fourth-order valence-corrected chi connectivity index (χ4v) is 1.99. The molecule has 15 heavy (non-hydrogen) atoms. The predicted molar refractivity (Wildman–Crippen MR) is 62.6 cm³/mol. The van der Waals surface area contributed by atoms with Gasteiger partial charge in [-0.15, -0.1) is 0 Å². The van der Waals surface area contributed by atoms with E-state index in [-0.39, 0.29) is 6.54 Å². The normalized spacial score (nSPS) is 11.8. The van der Waals surface area contributed by atoms with Crippen molar-refractivity contribution in [2.45, 2.75) is 11.9 Å². The molecule has 80 valence electrons. The summed E-state index contributed by atoms with van der Waals surface area (Å²) in [6.45, 7) is 0.151. The van der Waals surface area contributed by atoms with Gasteiger partial charge in [-0.3, -0.25) is 0 Å². The fourth-order valence-electron chi connectivity index (χ4n) is 1.07. The lowest BCUT2D eigenvalue weighted by Crippen LogP contribution is -2.13. The van der Waals surface area contributed by atoms with Crippen molar-refractivity contribution in [3.8, 4) is 0 Å². The Morgan fingerprint density at radius 1 is 1.40 bits per heavy atom. The summed E-state index contributed by atoms with van der Waals surface area (Å²) in [5.74, 6) is 1.46. The first-order valence-electron chi connectivity index (χ1n) is 4.63. The average Bonchev–Trinajstić information content (AvgIpc) is 2.28. The van der Waals surface area contributed by atoms with Gasteiger partial charge in [-0.25, -0.2) is 0 Å². The molecule has 5 heteroatoms. The molecule has 0 radical (unpaired) electrons. The Kier molecular flexibility index (Phi) is 5.70. The first kappa shape index (κ1) is 11.9. The summed E-state index contributed by atoms with van der Waals surface area (Å²) in [5, 5.41) is 12.7. The highest BCUT2D eigenvalue weighted by molar-refractivity contribution is 7.98. The molecule has 0 saturated carbocycles. The van der Waals surface area contributed by atoms with Crippen LogP contribution in [0.3, 0.4) is 0 Å². The fraction of sp³-hybridized carbons (Fsp3) is 0.400. The largest absolute Gasteiger partial charge is 0.392 e. The number of rotatable bonds is 6. The molecule has 1 aromatic carbocycles. The van der Waals surface area contributed by atoms with Crippen LogP contribution in [-0.2, 0) is 5.75 Å². The van der Waals surface area contributed by atoms with Gasteiger partial charge in [0.2, 0.25) is 0 Å². The van der Waals surface area contributed by atoms with Crippen LogP contribution in [0, 0.1) is 0 Å². The van der Waals surface area contributed by atoms with Crippen LogP contribution in [0.25, 0.3) is 10.4 Å². The highest BCUT2D eigenvalue weighted by Gasteiger charge is 2.02. The number of aliphatic hydroxyl groups is 1. The number of hydrogen-bond acceptors (Lipinski definition) is 3. The van der Waals surface area contributed by atoms with Gasteiger partial charge in [-0.2, -0.15) is 11.8 Å². The molecule has 0 aromatic heterocycles. The number of thioether (sulfide) groups is 1. The lowest BCUT2D eigenvalue weighted by atomic mass is 10.2. The molecule has 4 nitrogen and oxygen atoms in total. The Morgan fingerprint density at radius 3 is 2.80 bits per heavy atom. The van der Waals surface area contributed by atoms with Gasteiger partial charge in [-0.05, 0) is 11.1 Å². The Balaban J connectivity index is 2.19. The van der Waals surface area contributed by atoms with E-state index in [2.05, 4.69) is 10.0 Å². The number of hydrogen-bond donors (Lipinski definition) is 1. The van der Waals surface area contributed by atoms with Gasteiger partial charge in [0.05, 0.1) is 12.6 Å². The topological polar surface area (TPSA) is 69.0 Å². The summed E-state index contributed by atoms with van der Waals surface area (Å²) in [7, 11) is 0. The lowest BCUT2D eigenvalue weighted by Gasteiger charge is -2.06. The number of azide groups is 1. The van der Waals surface area contributed by atoms with Gasteiger partial charge >= 0.3 is 0 Å². The zero-order valence-electron chi connectivity index (χ0n) is 8.28. The van der Waals surface area contributed by atoms with Crippen molar-refractivity contribution in [3.05, 3.63) is 46.3 Å². The molecule has 0 saturated heterocycles. The van der Waals surface area contributed by atoms with Gasteiger partial charge in [0.15, 0.2) is 0 Å². The Hall–Kier alpha value is -1.16. The second-order valence-electron chi connectivity index (χ2n) is 3.07. The zero-order valence-corrected chi connectivity index (χ0v) is 9.10. The van der Waals surface area contributed by atoms with Gasteiger partial charge in [0.25, 0.3) is 0 Å².